The molecule has 0 spiro atoms. The van der Waals surface area contributed by atoms with E-state index in [2.05, 4.69) is 0 Å². The van der Waals surface area contributed by atoms with Crippen LogP contribution in [0.3, 0.4) is 0 Å². The summed E-state index contributed by atoms with van der Waals surface area (Å²) >= 11 is 0. The Bertz CT molecular complexity index is 145. The number of aliphatic carboxylic acids is 1. The molecule has 0 heterocycles. The van der Waals surface area contributed by atoms with Gasteiger partial charge in [-0.05, 0) is 0 Å². The first-order valence-corrected chi connectivity index (χ1v) is 2.58. The van der Waals surface area contributed by atoms with Crippen molar-refractivity contribution in [3.63, 3.8) is 0 Å². The lowest BCUT2D eigenvalue weighted by atomic mass is 10.2. The molecule has 58 valence electrons. The van der Waals surface area contributed by atoms with Crippen molar-refractivity contribution in [1.29, 1.82) is 0 Å². The third-order valence-corrected chi connectivity index (χ3v) is 0.838. The summed E-state index contributed by atoms with van der Waals surface area (Å²) in [5.74, 6) is -2.82. The molecule has 0 fully saturated rings. The molecule has 0 aliphatic carbocycles. The molecule has 5 heteroatoms. The summed E-state index contributed by atoms with van der Waals surface area (Å²) < 4.78 is 11.4. The van der Waals surface area contributed by atoms with Crippen molar-refractivity contribution in [1.82, 2.24) is 0 Å². The van der Waals surface area contributed by atoms with Crippen LogP contribution < -0.4 is 0 Å². The number of aliphatic hydroxyl groups excluding tert-OH is 1. The van der Waals surface area contributed by atoms with Crippen LogP contribution in [0.1, 0.15) is 6.42 Å². The highest BCUT2D eigenvalue weighted by Crippen LogP contribution is 1.93. The van der Waals surface area contributed by atoms with E-state index in [9.17, 15) is 14.0 Å². The predicted octanol–water partition coefficient (Wildman–Crippen LogP) is -0.639. The molecule has 0 amide bonds. The van der Waals surface area contributed by atoms with Gasteiger partial charge >= 0.3 is 5.97 Å². The average molecular weight is 150 g/mol. The van der Waals surface area contributed by atoms with E-state index in [0.29, 0.717) is 0 Å². The highest BCUT2D eigenvalue weighted by molar-refractivity contribution is 6.32. The lowest BCUT2D eigenvalue weighted by Gasteiger charge is -1.99. The minimum atomic E-state index is -1.65. The van der Waals surface area contributed by atoms with Crippen LogP contribution in [0.4, 0.5) is 4.39 Å². The Morgan fingerprint density at radius 2 is 2.00 bits per heavy atom. The first-order chi connectivity index (χ1) is 4.57. The van der Waals surface area contributed by atoms with Crippen molar-refractivity contribution >= 4 is 11.8 Å². The van der Waals surface area contributed by atoms with Crippen molar-refractivity contribution in [2.24, 2.45) is 0 Å². The fraction of sp³-hybridized carbons (Fsp3) is 0.600. The Hall–Kier alpha value is -0.970. The number of aliphatic hydroxyl groups is 1. The second-order valence-corrected chi connectivity index (χ2v) is 1.74. The van der Waals surface area contributed by atoms with Gasteiger partial charge in [0.25, 0.3) is 0 Å². The molecular formula is C5H7FO4. The van der Waals surface area contributed by atoms with E-state index < -0.39 is 31.0 Å². The maximum Gasteiger partial charge on any atom is 0.372 e. The van der Waals surface area contributed by atoms with E-state index in [4.69, 9.17) is 10.2 Å². The summed E-state index contributed by atoms with van der Waals surface area (Å²) in [4.78, 5) is 20.0. The fourth-order valence-corrected chi connectivity index (χ4v) is 0.356. The van der Waals surface area contributed by atoms with E-state index >= 15 is 0 Å². The van der Waals surface area contributed by atoms with Gasteiger partial charge in [0.15, 0.2) is 0 Å². The maximum absolute atomic E-state index is 11.4. The Morgan fingerprint density at radius 1 is 1.50 bits per heavy atom. The Kier molecular flexibility index (Phi) is 3.56. The van der Waals surface area contributed by atoms with E-state index in [1.807, 2.05) is 0 Å². The second kappa shape index (κ2) is 3.94. The first kappa shape index (κ1) is 9.03. The Balaban J connectivity index is 3.68. The highest BCUT2D eigenvalue weighted by atomic mass is 19.1. The molecule has 2 N–H and O–H groups in total. The van der Waals surface area contributed by atoms with E-state index in [0.717, 1.165) is 0 Å². The van der Waals surface area contributed by atoms with Gasteiger partial charge < -0.3 is 10.2 Å². The van der Waals surface area contributed by atoms with Crippen LogP contribution >= 0.6 is 0 Å². The number of carbonyl (C=O) groups excluding carboxylic acids is 1. The number of rotatable bonds is 4. The zero-order valence-corrected chi connectivity index (χ0v) is 5.08. The van der Waals surface area contributed by atoms with Crippen LogP contribution in [0.5, 0.6) is 0 Å². The second-order valence-electron chi connectivity index (χ2n) is 1.74. The molecule has 1 unspecified atom stereocenters. The molecule has 0 aliphatic rings. The van der Waals surface area contributed by atoms with Crippen LogP contribution in [0.2, 0.25) is 0 Å². The summed E-state index contributed by atoms with van der Waals surface area (Å²) in [6.07, 6.45) is -2.14. The highest BCUT2D eigenvalue weighted by Gasteiger charge is 2.16. The van der Waals surface area contributed by atoms with Crippen LogP contribution in [0.25, 0.3) is 0 Å². The summed E-state index contributed by atoms with van der Waals surface area (Å²) in [6, 6.07) is 0. The third-order valence-electron chi connectivity index (χ3n) is 0.838. The van der Waals surface area contributed by atoms with Crippen LogP contribution in [0, 0.1) is 0 Å². The molecule has 0 radical (unpaired) electrons. The molecule has 0 aliphatic heterocycles. The van der Waals surface area contributed by atoms with Crippen LogP contribution in [-0.2, 0) is 9.59 Å². The van der Waals surface area contributed by atoms with E-state index in [1.165, 1.54) is 0 Å². The van der Waals surface area contributed by atoms with Crippen LogP contribution in [-0.4, -0.2) is 34.7 Å². The number of hydrogen-bond acceptors (Lipinski definition) is 3. The van der Waals surface area contributed by atoms with Gasteiger partial charge in [0.2, 0.25) is 5.78 Å². The predicted molar refractivity (Wildman–Crippen MR) is 29.2 cm³/mol. The lowest BCUT2D eigenvalue weighted by molar-refractivity contribution is -0.150. The zero-order valence-electron chi connectivity index (χ0n) is 5.08. The molecule has 10 heavy (non-hydrogen) atoms. The molecule has 0 aromatic rings. The quantitative estimate of drug-likeness (QED) is 0.523. The van der Waals surface area contributed by atoms with Crippen molar-refractivity contribution in [2.75, 3.05) is 6.67 Å². The number of carboxylic acids is 1. The summed E-state index contributed by atoms with van der Waals surface area (Å²) in [7, 11) is 0. The minimum absolute atomic E-state index is 0.661. The standard InChI is InChI=1S/C5H7FO4/c6-2-3(7)1-4(8)5(9)10/h3,7H,1-2H2,(H,9,10). The summed E-state index contributed by atoms with van der Waals surface area (Å²) in [5, 5.41) is 16.4. The number of carbonyl (C=O) groups is 2. The first-order valence-electron chi connectivity index (χ1n) is 2.58. The van der Waals surface area contributed by atoms with Crippen molar-refractivity contribution < 1.29 is 24.2 Å². The maximum atomic E-state index is 11.4. The average Bonchev–Trinajstić information content (AvgIpc) is 1.87. The number of alkyl halides is 1. The molecule has 0 aromatic carbocycles. The number of halogens is 1. The normalized spacial score (nSPS) is 12.6. The Labute approximate surface area is 56.3 Å². The van der Waals surface area contributed by atoms with Gasteiger partial charge in [-0.25, -0.2) is 9.18 Å². The van der Waals surface area contributed by atoms with E-state index in [-0.39, 0.29) is 0 Å². The van der Waals surface area contributed by atoms with Crippen molar-refractivity contribution in [3.8, 4) is 0 Å². The third kappa shape index (κ3) is 3.13. The molecule has 1 atom stereocenters. The van der Waals surface area contributed by atoms with Gasteiger partial charge in [-0.1, -0.05) is 0 Å². The van der Waals surface area contributed by atoms with Crippen molar-refractivity contribution in [2.45, 2.75) is 12.5 Å². The molecule has 0 rings (SSSR count). The zero-order chi connectivity index (χ0) is 8.15. The molecule has 0 saturated heterocycles. The number of carboxylic acid groups (broad SMARTS) is 1. The largest absolute Gasteiger partial charge is 0.475 e. The van der Waals surface area contributed by atoms with Gasteiger partial charge in [0, 0.05) is 6.42 Å². The van der Waals surface area contributed by atoms with Gasteiger partial charge in [-0.3, -0.25) is 4.79 Å². The topological polar surface area (TPSA) is 74.6 Å². The minimum Gasteiger partial charge on any atom is -0.475 e. The number of hydrogen-bond donors (Lipinski definition) is 2. The summed E-state index contributed by atoms with van der Waals surface area (Å²) in [6.45, 7) is -1.10. The smallest absolute Gasteiger partial charge is 0.372 e. The summed E-state index contributed by atoms with van der Waals surface area (Å²) in [5.41, 5.74) is 0. The van der Waals surface area contributed by atoms with Crippen LogP contribution in [0.15, 0.2) is 0 Å². The Morgan fingerprint density at radius 3 is 2.30 bits per heavy atom. The lowest BCUT2D eigenvalue weighted by Crippen LogP contribution is -2.21. The molecule has 0 aromatic heterocycles. The van der Waals surface area contributed by atoms with E-state index in [1.54, 1.807) is 0 Å². The number of ketones is 1. The SMILES string of the molecule is O=C(O)C(=O)CC(O)CF. The van der Waals surface area contributed by atoms with Crippen molar-refractivity contribution in [3.05, 3.63) is 0 Å². The molecule has 4 nitrogen and oxygen atoms in total. The van der Waals surface area contributed by atoms with Gasteiger partial charge in [-0.2, -0.15) is 0 Å². The monoisotopic (exact) mass is 150 g/mol. The van der Waals surface area contributed by atoms with Gasteiger partial charge in [0.05, 0.1) is 6.10 Å². The molecular weight excluding hydrogens is 143 g/mol. The van der Waals surface area contributed by atoms with Gasteiger partial charge in [0.1, 0.15) is 6.67 Å². The van der Waals surface area contributed by atoms with Gasteiger partial charge in [-0.15, -0.1) is 0 Å². The fourth-order valence-electron chi connectivity index (χ4n) is 0.356. The number of Topliss-reactive ketones (excluding diaryl/α,β-unsaturated/α-hetero) is 1. The molecule has 0 bridgehead atoms. The molecule has 0 saturated carbocycles.